The molecule has 2 aromatic heterocycles. The highest BCUT2D eigenvalue weighted by Crippen LogP contribution is 2.32. The molecule has 0 aliphatic heterocycles. The van der Waals surface area contributed by atoms with Gasteiger partial charge in [0, 0.05) is 6.42 Å². The second-order valence-electron chi connectivity index (χ2n) is 8.01. The van der Waals surface area contributed by atoms with Gasteiger partial charge < -0.3 is 14.6 Å². The van der Waals surface area contributed by atoms with E-state index in [-0.39, 0.29) is 11.5 Å². The molecule has 2 aromatic carbocycles. The Hall–Kier alpha value is -4.13. The SMILES string of the molecule is CCCC(=O)OC(c1ccc(-c2ccccc2C(=O)O)cc1)c1ccc(C)c2nc(OC)cn12. The molecule has 1 N–H and O–H groups in total. The number of carboxylic acid groups (broad SMARTS) is 1. The highest BCUT2D eigenvalue weighted by Gasteiger charge is 2.23. The molecule has 0 aliphatic carbocycles. The maximum atomic E-state index is 12.5. The Bertz CT molecular complexity index is 1340. The molecule has 174 valence electrons. The number of aromatic carboxylic acids is 1. The summed E-state index contributed by atoms with van der Waals surface area (Å²) in [6, 6.07) is 18.1. The van der Waals surface area contributed by atoms with E-state index in [9.17, 15) is 14.7 Å². The van der Waals surface area contributed by atoms with Gasteiger partial charge in [-0.3, -0.25) is 9.20 Å². The largest absolute Gasteiger partial charge is 0.480 e. The third-order valence-electron chi connectivity index (χ3n) is 5.68. The Morgan fingerprint density at radius 2 is 1.79 bits per heavy atom. The molecular weight excluding hydrogens is 432 g/mol. The van der Waals surface area contributed by atoms with Gasteiger partial charge in [-0.25, -0.2) is 4.79 Å². The van der Waals surface area contributed by atoms with Gasteiger partial charge in [0.05, 0.1) is 24.6 Å². The lowest BCUT2D eigenvalue weighted by atomic mass is 9.96. The Kier molecular flexibility index (Phi) is 6.63. The van der Waals surface area contributed by atoms with Crippen LogP contribution in [0.3, 0.4) is 0 Å². The van der Waals surface area contributed by atoms with Crippen molar-refractivity contribution in [2.24, 2.45) is 0 Å². The van der Waals surface area contributed by atoms with E-state index >= 15 is 0 Å². The number of ether oxygens (including phenoxy) is 2. The average molecular weight is 459 g/mol. The van der Waals surface area contributed by atoms with Gasteiger partial charge in [0.25, 0.3) is 0 Å². The number of carbonyl (C=O) groups is 2. The summed E-state index contributed by atoms with van der Waals surface area (Å²) in [5.41, 5.74) is 4.80. The smallest absolute Gasteiger partial charge is 0.336 e. The number of rotatable bonds is 8. The maximum Gasteiger partial charge on any atom is 0.336 e. The van der Waals surface area contributed by atoms with Crippen LogP contribution in [0, 0.1) is 6.92 Å². The topological polar surface area (TPSA) is 90.1 Å². The van der Waals surface area contributed by atoms with Gasteiger partial charge in [0.1, 0.15) is 5.65 Å². The van der Waals surface area contributed by atoms with Crippen LogP contribution in [-0.4, -0.2) is 33.5 Å². The van der Waals surface area contributed by atoms with E-state index in [1.807, 2.05) is 54.6 Å². The monoisotopic (exact) mass is 458 g/mol. The van der Waals surface area contributed by atoms with Gasteiger partial charge in [-0.2, -0.15) is 4.98 Å². The summed E-state index contributed by atoms with van der Waals surface area (Å²) >= 11 is 0. The fraction of sp³-hybridized carbons (Fsp3) is 0.222. The zero-order valence-corrected chi connectivity index (χ0v) is 19.3. The van der Waals surface area contributed by atoms with Crippen LogP contribution in [0.2, 0.25) is 0 Å². The molecule has 34 heavy (non-hydrogen) atoms. The summed E-state index contributed by atoms with van der Waals surface area (Å²) in [7, 11) is 1.56. The molecule has 0 aliphatic rings. The number of benzene rings is 2. The molecule has 4 aromatic rings. The first kappa shape index (κ1) is 23.0. The molecule has 0 fully saturated rings. The number of nitrogens with zero attached hydrogens (tertiary/aromatic N) is 2. The van der Waals surface area contributed by atoms with E-state index in [0.29, 0.717) is 24.3 Å². The van der Waals surface area contributed by atoms with Crippen molar-refractivity contribution in [1.82, 2.24) is 9.38 Å². The minimum absolute atomic E-state index is 0.229. The highest BCUT2D eigenvalue weighted by molar-refractivity contribution is 5.96. The number of pyridine rings is 1. The van der Waals surface area contributed by atoms with Crippen molar-refractivity contribution in [1.29, 1.82) is 0 Å². The second-order valence-corrected chi connectivity index (χ2v) is 8.01. The first-order valence-electron chi connectivity index (χ1n) is 11.1. The number of hydrogen-bond acceptors (Lipinski definition) is 5. The van der Waals surface area contributed by atoms with Crippen LogP contribution in [0.25, 0.3) is 16.8 Å². The predicted molar refractivity (Wildman–Crippen MR) is 128 cm³/mol. The number of aromatic nitrogens is 2. The summed E-state index contributed by atoms with van der Waals surface area (Å²) in [6.07, 6.45) is 2.09. The van der Waals surface area contributed by atoms with E-state index in [1.54, 1.807) is 37.6 Å². The third-order valence-corrected chi connectivity index (χ3v) is 5.68. The predicted octanol–water partition coefficient (Wildman–Crippen LogP) is 5.45. The van der Waals surface area contributed by atoms with E-state index in [2.05, 4.69) is 4.98 Å². The molecule has 0 spiro atoms. The fourth-order valence-corrected chi connectivity index (χ4v) is 3.96. The van der Waals surface area contributed by atoms with Gasteiger partial charge in [-0.1, -0.05) is 55.5 Å². The van der Waals surface area contributed by atoms with Crippen molar-refractivity contribution >= 4 is 17.6 Å². The molecule has 1 unspecified atom stereocenters. The summed E-state index contributed by atoms with van der Waals surface area (Å²) in [5, 5.41) is 9.54. The van der Waals surface area contributed by atoms with Crippen LogP contribution in [0.1, 0.15) is 53.0 Å². The molecule has 1 atom stereocenters. The molecule has 7 nitrogen and oxygen atoms in total. The molecule has 2 heterocycles. The zero-order chi connectivity index (χ0) is 24.2. The molecule has 7 heteroatoms. The number of methoxy groups -OCH3 is 1. The van der Waals surface area contributed by atoms with Gasteiger partial charge in [0.15, 0.2) is 6.10 Å². The Labute approximate surface area is 197 Å². The van der Waals surface area contributed by atoms with Gasteiger partial charge >= 0.3 is 11.9 Å². The summed E-state index contributed by atoms with van der Waals surface area (Å²) in [6.45, 7) is 3.88. The third kappa shape index (κ3) is 4.50. The van der Waals surface area contributed by atoms with Crippen LogP contribution in [0.15, 0.2) is 66.9 Å². The Morgan fingerprint density at radius 3 is 2.47 bits per heavy atom. The Morgan fingerprint density at radius 1 is 1.06 bits per heavy atom. The lowest BCUT2D eigenvalue weighted by Gasteiger charge is -2.21. The van der Waals surface area contributed by atoms with Gasteiger partial charge in [0.2, 0.25) is 5.88 Å². The molecule has 0 saturated carbocycles. The molecule has 0 saturated heterocycles. The second kappa shape index (κ2) is 9.79. The van der Waals surface area contributed by atoms with Crippen molar-refractivity contribution in [3.05, 3.63) is 89.2 Å². The molecule has 0 amide bonds. The van der Waals surface area contributed by atoms with Gasteiger partial charge in [-0.15, -0.1) is 0 Å². The average Bonchev–Trinajstić information content (AvgIpc) is 3.29. The lowest BCUT2D eigenvalue weighted by molar-refractivity contribution is -0.147. The number of imidazole rings is 1. The fourth-order valence-electron chi connectivity index (χ4n) is 3.96. The molecular formula is C27H26N2O5. The van der Waals surface area contributed by atoms with Crippen LogP contribution in [0.4, 0.5) is 0 Å². The van der Waals surface area contributed by atoms with Gasteiger partial charge in [-0.05, 0) is 47.7 Å². The lowest BCUT2D eigenvalue weighted by Crippen LogP contribution is -2.15. The van der Waals surface area contributed by atoms with Crippen molar-refractivity contribution in [2.75, 3.05) is 7.11 Å². The molecule has 0 radical (unpaired) electrons. The normalized spacial score (nSPS) is 11.9. The first-order valence-corrected chi connectivity index (χ1v) is 11.1. The quantitative estimate of drug-likeness (QED) is 0.353. The first-order chi connectivity index (χ1) is 16.4. The van der Waals surface area contributed by atoms with Crippen LogP contribution in [-0.2, 0) is 9.53 Å². The molecule has 0 bridgehead atoms. The number of carboxylic acids is 1. The minimum atomic E-state index is -0.984. The van der Waals surface area contributed by atoms with E-state index in [4.69, 9.17) is 9.47 Å². The standard InChI is InChI=1S/C27H26N2O5/c1-4-7-24(30)34-25(22-15-10-17(2)26-28-23(33-3)16-29(22)26)19-13-11-18(12-14-19)20-8-5-6-9-21(20)27(31)32/h5-6,8-16,25H,4,7H2,1-3H3,(H,31,32). The minimum Gasteiger partial charge on any atom is -0.480 e. The van der Waals surface area contributed by atoms with E-state index < -0.39 is 12.1 Å². The number of esters is 1. The van der Waals surface area contributed by atoms with E-state index in [0.717, 1.165) is 28.0 Å². The number of hydrogen-bond donors (Lipinski definition) is 1. The summed E-state index contributed by atoms with van der Waals surface area (Å²) < 4.78 is 13.1. The number of carbonyl (C=O) groups excluding carboxylic acids is 1. The van der Waals surface area contributed by atoms with E-state index in [1.165, 1.54) is 0 Å². The van der Waals surface area contributed by atoms with Crippen molar-refractivity contribution in [3.63, 3.8) is 0 Å². The number of fused-ring (bicyclic) bond motifs is 1. The number of aryl methyl sites for hydroxylation is 1. The van der Waals surface area contributed by atoms with Crippen molar-refractivity contribution < 1.29 is 24.2 Å². The summed E-state index contributed by atoms with van der Waals surface area (Å²) in [4.78, 5) is 28.7. The van der Waals surface area contributed by atoms with Crippen molar-refractivity contribution in [2.45, 2.75) is 32.8 Å². The Balaban J connectivity index is 1.80. The van der Waals surface area contributed by atoms with Crippen LogP contribution in [0.5, 0.6) is 5.88 Å². The zero-order valence-electron chi connectivity index (χ0n) is 19.3. The van der Waals surface area contributed by atoms with Crippen LogP contribution < -0.4 is 4.74 Å². The highest BCUT2D eigenvalue weighted by atomic mass is 16.5. The molecule has 4 rings (SSSR count). The van der Waals surface area contributed by atoms with Crippen LogP contribution >= 0.6 is 0 Å². The summed E-state index contributed by atoms with van der Waals surface area (Å²) in [5.74, 6) is -0.814. The maximum absolute atomic E-state index is 12.5. The van der Waals surface area contributed by atoms with Crippen molar-refractivity contribution in [3.8, 4) is 17.0 Å².